The molecule has 2 nitrogen and oxygen atoms in total. The van der Waals surface area contributed by atoms with E-state index in [1.54, 1.807) is 7.11 Å². The smallest absolute Gasteiger partial charge is 0.112 e. The number of rotatable bonds is 3. The average Bonchev–Trinajstić information content (AvgIpc) is 2.38. The van der Waals surface area contributed by atoms with Gasteiger partial charge >= 0.3 is 0 Å². The predicted octanol–water partition coefficient (Wildman–Crippen LogP) is 1.50. The van der Waals surface area contributed by atoms with Gasteiger partial charge in [-0.25, -0.2) is 0 Å². The summed E-state index contributed by atoms with van der Waals surface area (Å²) in [5.74, 6) is 0.259. The fourth-order valence-electron chi connectivity index (χ4n) is 2.11. The molecule has 1 saturated heterocycles. The van der Waals surface area contributed by atoms with E-state index >= 15 is 0 Å². The fraction of sp³-hybridized carbons (Fsp3) is 0.800. The lowest BCUT2D eigenvalue weighted by molar-refractivity contribution is 0.00191. The Morgan fingerprint density at radius 1 is 1.69 bits per heavy atom. The molecule has 1 unspecified atom stereocenters. The predicted molar refractivity (Wildman–Crippen MR) is 53.8 cm³/mol. The number of ether oxygens (including phenoxy) is 2. The highest BCUT2D eigenvalue weighted by Crippen LogP contribution is 2.39. The van der Waals surface area contributed by atoms with Crippen LogP contribution in [0, 0.1) is 5.92 Å². The quantitative estimate of drug-likeness (QED) is 0.484. The minimum atomic E-state index is -0.335. The first-order chi connectivity index (χ1) is 6.11. The molecule has 4 atom stereocenters. The lowest BCUT2D eigenvalue weighted by atomic mass is 9.81. The van der Waals surface area contributed by atoms with Crippen LogP contribution in [-0.4, -0.2) is 32.7 Å². The average molecular weight is 180 g/mol. The molecule has 1 heterocycles. The van der Waals surface area contributed by atoms with E-state index in [4.69, 9.17) is 17.3 Å². The molecule has 0 N–H and O–H groups in total. The van der Waals surface area contributed by atoms with Crippen LogP contribution >= 0.6 is 0 Å². The first-order valence-corrected chi connectivity index (χ1v) is 4.71. The van der Waals surface area contributed by atoms with Crippen molar-refractivity contribution < 1.29 is 9.47 Å². The van der Waals surface area contributed by atoms with Gasteiger partial charge in [0.05, 0.1) is 11.7 Å². The Kier molecular flexibility index (Phi) is 3.20. The molecule has 0 aromatic rings. The van der Waals surface area contributed by atoms with E-state index in [9.17, 15) is 0 Å². The van der Waals surface area contributed by atoms with Crippen molar-refractivity contribution in [2.45, 2.75) is 38.0 Å². The molecule has 2 radical (unpaired) electrons. The zero-order chi connectivity index (χ0) is 10.1. The van der Waals surface area contributed by atoms with Crippen LogP contribution in [0.1, 0.15) is 20.3 Å². The zero-order valence-electron chi connectivity index (χ0n) is 8.62. The maximum atomic E-state index is 5.81. The highest BCUT2D eigenvalue weighted by molar-refractivity contribution is 6.11. The van der Waals surface area contributed by atoms with Gasteiger partial charge in [0.25, 0.3) is 0 Å². The highest BCUT2D eigenvalue weighted by atomic mass is 16.6. The van der Waals surface area contributed by atoms with Crippen LogP contribution in [0.2, 0.25) is 0 Å². The van der Waals surface area contributed by atoms with Crippen molar-refractivity contribution in [3.63, 3.8) is 0 Å². The summed E-state index contributed by atoms with van der Waals surface area (Å²) in [6.07, 6.45) is 2.69. The molecule has 13 heavy (non-hydrogen) atoms. The summed E-state index contributed by atoms with van der Waals surface area (Å²) in [5.41, 5.74) is -0.305. The van der Waals surface area contributed by atoms with E-state index < -0.39 is 0 Å². The van der Waals surface area contributed by atoms with Crippen LogP contribution in [0.4, 0.5) is 0 Å². The van der Waals surface area contributed by atoms with Crippen LogP contribution in [0.3, 0.4) is 0 Å². The van der Waals surface area contributed by atoms with Crippen molar-refractivity contribution in [1.82, 2.24) is 0 Å². The topological polar surface area (TPSA) is 18.5 Å². The summed E-state index contributed by atoms with van der Waals surface area (Å²) in [4.78, 5) is 0. The van der Waals surface area contributed by atoms with Crippen molar-refractivity contribution in [2.24, 2.45) is 5.92 Å². The van der Waals surface area contributed by atoms with Gasteiger partial charge in [-0.3, -0.25) is 0 Å². The molecular formula is C10H17BO2. The summed E-state index contributed by atoms with van der Waals surface area (Å²) < 4.78 is 11.0. The van der Waals surface area contributed by atoms with Gasteiger partial charge in [0.1, 0.15) is 7.85 Å². The van der Waals surface area contributed by atoms with Crippen LogP contribution in [-0.2, 0) is 9.47 Å². The summed E-state index contributed by atoms with van der Waals surface area (Å²) >= 11 is 0. The number of hydrogen-bond donors (Lipinski definition) is 0. The second-order valence-electron chi connectivity index (χ2n) is 3.58. The standard InChI is InChI=1S/C10H17BO2/c1-5-10(6-2)7(3)8(12-4)9(11)13-10/h5,7-9H,1,6H2,2-4H3/t7-,8?,9-,10-/m1/s1. The Morgan fingerprint density at radius 2 is 2.31 bits per heavy atom. The van der Waals surface area contributed by atoms with Gasteiger partial charge in [-0.2, -0.15) is 0 Å². The van der Waals surface area contributed by atoms with Crippen LogP contribution < -0.4 is 0 Å². The zero-order valence-corrected chi connectivity index (χ0v) is 8.62. The van der Waals surface area contributed by atoms with Crippen molar-refractivity contribution in [3.8, 4) is 0 Å². The Hall–Kier alpha value is -0.275. The van der Waals surface area contributed by atoms with Crippen molar-refractivity contribution in [2.75, 3.05) is 7.11 Å². The largest absolute Gasteiger partial charge is 0.379 e. The molecule has 1 aliphatic rings. The molecule has 72 valence electrons. The Labute approximate surface area is 81.7 Å². The van der Waals surface area contributed by atoms with Gasteiger partial charge in [0, 0.05) is 19.0 Å². The lowest BCUT2D eigenvalue weighted by Gasteiger charge is -2.28. The SMILES string of the molecule is [B][C@@H]1O[C@](C=C)(CC)[C@H](C)C1OC. The van der Waals surface area contributed by atoms with Crippen LogP contribution in [0.25, 0.3) is 0 Å². The van der Waals surface area contributed by atoms with Crippen LogP contribution in [0.5, 0.6) is 0 Å². The Morgan fingerprint density at radius 3 is 2.54 bits per heavy atom. The van der Waals surface area contributed by atoms with E-state index in [-0.39, 0.29) is 23.6 Å². The maximum Gasteiger partial charge on any atom is 0.112 e. The number of methoxy groups -OCH3 is 1. The Bertz CT molecular complexity index is 195. The van der Waals surface area contributed by atoms with E-state index in [0.29, 0.717) is 0 Å². The van der Waals surface area contributed by atoms with Crippen LogP contribution in [0.15, 0.2) is 12.7 Å². The highest BCUT2D eigenvalue weighted by Gasteiger charge is 2.47. The Balaban J connectivity index is 2.86. The molecule has 0 bridgehead atoms. The minimum Gasteiger partial charge on any atom is -0.379 e. The van der Waals surface area contributed by atoms with Gasteiger partial charge in [-0.1, -0.05) is 19.9 Å². The summed E-state index contributed by atoms with van der Waals surface area (Å²) in [7, 11) is 7.48. The normalized spacial score (nSPS) is 45.0. The first-order valence-electron chi connectivity index (χ1n) is 4.71. The first kappa shape index (κ1) is 10.8. The van der Waals surface area contributed by atoms with E-state index in [1.807, 2.05) is 6.08 Å². The van der Waals surface area contributed by atoms with E-state index in [2.05, 4.69) is 20.4 Å². The second-order valence-corrected chi connectivity index (χ2v) is 3.58. The van der Waals surface area contributed by atoms with Crippen molar-refractivity contribution in [1.29, 1.82) is 0 Å². The third kappa shape index (κ3) is 1.55. The summed E-state index contributed by atoms with van der Waals surface area (Å²) in [5, 5.41) is 0. The van der Waals surface area contributed by atoms with E-state index in [1.165, 1.54) is 0 Å². The maximum absolute atomic E-state index is 5.81. The molecule has 0 aromatic heterocycles. The van der Waals surface area contributed by atoms with Crippen molar-refractivity contribution in [3.05, 3.63) is 12.7 Å². The van der Waals surface area contributed by atoms with E-state index in [0.717, 1.165) is 6.42 Å². The molecule has 3 heteroatoms. The monoisotopic (exact) mass is 180 g/mol. The van der Waals surface area contributed by atoms with Gasteiger partial charge in [0.15, 0.2) is 0 Å². The third-order valence-corrected chi connectivity index (χ3v) is 3.11. The van der Waals surface area contributed by atoms with Crippen molar-refractivity contribution >= 4 is 7.85 Å². The van der Waals surface area contributed by atoms with Gasteiger partial charge < -0.3 is 9.47 Å². The molecule has 1 fully saturated rings. The molecule has 0 spiro atoms. The molecule has 0 aromatic carbocycles. The number of hydrogen-bond acceptors (Lipinski definition) is 2. The second kappa shape index (κ2) is 3.85. The summed E-state index contributed by atoms with van der Waals surface area (Å²) in [6, 6.07) is -0.335. The molecule has 0 amide bonds. The molecule has 1 rings (SSSR count). The van der Waals surface area contributed by atoms with Gasteiger partial charge in [-0.05, 0) is 6.42 Å². The third-order valence-electron chi connectivity index (χ3n) is 3.11. The minimum absolute atomic E-state index is 0.0297. The van der Waals surface area contributed by atoms with Gasteiger partial charge in [0.2, 0.25) is 0 Å². The lowest BCUT2D eigenvalue weighted by Crippen LogP contribution is -2.34. The summed E-state index contributed by atoms with van der Waals surface area (Å²) in [6.45, 7) is 7.97. The molecular weight excluding hydrogens is 163 g/mol. The molecule has 0 aliphatic carbocycles. The molecule has 1 aliphatic heterocycles. The molecule has 0 saturated carbocycles. The fourth-order valence-corrected chi connectivity index (χ4v) is 2.11. The van der Waals surface area contributed by atoms with Gasteiger partial charge in [-0.15, -0.1) is 6.58 Å².